The second kappa shape index (κ2) is 7.87. The van der Waals surface area contributed by atoms with E-state index in [2.05, 4.69) is 0 Å². The smallest absolute Gasteiger partial charge is 0.289 e. The number of para-hydroxylation sites is 1. The van der Waals surface area contributed by atoms with E-state index in [1.807, 2.05) is 0 Å². The number of halogens is 1. The summed E-state index contributed by atoms with van der Waals surface area (Å²) in [5.74, 6) is 0.223. The summed E-state index contributed by atoms with van der Waals surface area (Å²) in [6.07, 6.45) is 2.47. The molecule has 1 saturated heterocycles. The average molecular weight is 350 g/mol. The van der Waals surface area contributed by atoms with Gasteiger partial charge < -0.3 is 5.73 Å². The van der Waals surface area contributed by atoms with Gasteiger partial charge in [-0.3, -0.25) is 10.1 Å². The highest BCUT2D eigenvalue weighted by atomic mass is 35.5. The van der Waals surface area contributed by atoms with Crippen molar-refractivity contribution in [3.63, 3.8) is 0 Å². The lowest BCUT2D eigenvalue weighted by Crippen LogP contribution is -2.40. The van der Waals surface area contributed by atoms with Crippen molar-refractivity contribution in [3.05, 3.63) is 34.4 Å². The summed E-state index contributed by atoms with van der Waals surface area (Å²) >= 11 is 0. The summed E-state index contributed by atoms with van der Waals surface area (Å²) in [5.41, 5.74) is 5.16. The fraction of sp³-hybridized carbons (Fsp3) is 0.538. The first kappa shape index (κ1) is 18.8. The molecule has 7 nitrogen and oxygen atoms in total. The van der Waals surface area contributed by atoms with Crippen molar-refractivity contribution in [2.45, 2.75) is 24.2 Å². The number of rotatable bonds is 5. The van der Waals surface area contributed by atoms with Crippen molar-refractivity contribution < 1.29 is 13.3 Å². The number of nitrogens with zero attached hydrogens (tertiary/aromatic N) is 2. The largest absolute Gasteiger partial charge is 0.330 e. The van der Waals surface area contributed by atoms with Gasteiger partial charge in [0.1, 0.15) is 0 Å². The maximum absolute atomic E-state index is 12.7. The Labute approximate surface area is 136 Å². The van der Waals surface area contributed by atoms with Crippen LogP contribution in [0.25, 0.3) is 0 Å². The molecule has 1 unspecified atom stereocenters. The van der Waals surface area contributed by atoms with Crippen molar-refractivity contribution >= 4 is 28.1 Å². The molecule has 1 aromatic rings. The van der Waals surface area contributed by atoms with Gasteiger partial charge in [-0.25, -0.2) is 8.42 Å². The SMILES string of the molecule is Cl.NCCC1CCCN(S(=O)(=O)c2ccccc2[N+](=O)[O-])C1. The number of nitro benzene ring substituents is 1. The molecule has 0 saturated carbocycles. The quantitative estimate of drug-likeness (QED) is 0.644. The van der Waals surface area contributed by atoms with Crippen LogP contribution in [0.15, 0.2) is 29.2 Å². The van der Waals surface area contributed by atoms with Gasteiger partial charge in [-0.05, 0) is 37.8 Å². The van der Waals surface area contributed by atoms with Crippen molar-refractivity contribution in [1.82, 2.24) is 4.31 Å². The van der Waals surface area contributed by atoms with Crippen molar-refractivity contribution in [1.29, 1.82) is 0 Å². The first-order valence-electron chi connectivity index (χ1n) is 6.90. The van der Waals surface area contributed by atoms with Gasteiger partial charge in [0.05, 0.1) is 4.92 Å². The molecule has 1 aliphatic rings. The van der Waals surface area contributed by atoms with E-state index in [4.69, 9.17) is 5.73 Å². The zero-order chi connectivity index (χ0) is 15.5. The maximum Gasteiger partial charge on any atom is 0.289 e. The van der Waals surface area contributed by atoms with E-state index in [0.717, 1.165) is 19.3 Å². The Balaban J connectivity index is 0.00000242. The van der Waals surface area contributed by atoms with E-state index in [9.17, 15) is 18.5 Å². The van der Waals surface area contributed by atoms with Crippen LogP contribution >= 0.6 is 12.4 Å². The van der Waals surface area contributed by atoms with Gasteiger partial charge in [-0.15, -0.1) is 12.4 Å². The van der Waals surface area contributed by atoms with Crippen molar-refractivity contribution in [3.8, 4) is 0 Å². The molecule has 9 heteroatoms. The minimum Gasteiger partial charge on any atom is -0.330 e. The van der Waals surface area contributed by atoms with E-state index in [1.54, 1.807) is 0 Å². The number of nitrogens with two attached hydrogens (primary N) is 1. The van der Waals surface area contributed by atoms with Crippen LogP contribution in [0.4, 0.5) is 5.69 Å². The van der Waals surface area contributed by atoms with E-state index in [0.29, 0.717) is 19.6 Å². The highest BCUT2D eigenvalue weighted by Crippen LogP contribution is 2.30. The minimum atomic E-state index is -3.84. The Morgan fingerprint density at radius 1 is 1.36 bits per heavy atom. The normalized spacial score (nSPS) is 19.4. The number of nitro groups is 1. The molecule has 1 fully saturated rings. The molecule has 124 valence electrons. The summed E-state index contributed by atoms with van der Waals surface area (Å²) in [6.45, 7) is 1.30. The molecule has 2 N–H and O–H groups in total. The molecule has 0 amide bonds. The molecule has 0 radical (unpaired) electrons. The van der Waals surface area contributed by atoms with E-state index < -0.39 is 14.9 Å². The monoisotopic (exact) mass is 349 g/mol. The molecule has 1 aromatic carbocycles. The number of hydrogen-bond donors (Lipinski definition) is 1. The lowest BCUT2D eigenvalue weighted by Gasteiger charge is -2.31. The Bertz CT molecular complexity index is 621. The zero-order valence-electron chi connectivity index (χ0n) is 12.1. The fourth-order valence-corrected chi connectivity index (χ4v) is 4.39. The number of piperidine rings is 1. The first-order chi connectivity index (χ1) is 9.96. The predicted molar refractivity (Wildman–Crippen MR) is 85.5 cm³/mol. The van der Waals surface area contributed by atoms with E-state index in [1.165, 1.54) is 28.6 Å². The third-order valence-corrected chi connectivity index (χ3v) is 5.65. The highest BCUT2D eigenvalue weighted by molar-refractivity contribution is 7.89. The zero-order valence-corrected chi connectivity index (χ0v) is 13.7. The van der Waals surface area contributed by atoms with E-state index >= 15 is 0 Å². The summed E-state index contributed by atoms with van der Waals surface area (Å²) in [4.78, 5) is 10.1. The average Bonchev–Trinajstić information content (AvgIpc) is 2.48. The highest BCUT2D eigenvalue weighted by Gasteiger charge is 2.34. The van der Waals surface area contributed by atoms with Gasteiger partial charge in [0.2, 0.25) is 10.0 Å². The summed E-state index contributed by atoms with van der Waals surface area (Å²) in [6, 6.07) is 5.47. The van der Waals surface area contributed by atoms with Crippen molar-refractivity contribution in [2.24, 2.45) is 11.7 Å². The van der Waals surface area contributed by atoms with Crippen LogP contribution in [0.1, 0.15) is 19.3 Å². The summed E-state index contributed by atoms with van der Waals surface area (Å²) < 4.78 is 26.7. The second-order valence-electron chi connectivity index (χ2n) is 5.17. The van der Waals surface area contributed by atoms with Gasteiger partial charge in [-0.2, -0.15) is 4.31 Å². The third kappa shape index (κ3) is 3.95. The second-order valence-corrected chi connectivity index (χ2v) is 7.08. The summed E-state index contributed by atoms with van der Waals surface area (Å²) in [7, 11) is -3.84. The van der Waals surface area contributed by atoms with Gasteiger partial charge in [0.25, 0.3) is 5.69 Å². The Morgan fingerprint density at radius 3 is 2.68 bits per heavy atom. The van der Waals surface area contributed by atoms with E-state index in [-0.39, 0.29) is 28.9 Å². The van der Waals surface area contributed by atoms with Crippen molar-refractivity contribution in [2.75, 3.05) is 19.6 Å². The first-order valence-corrected chi connectivity index (χ1v) is 8.34. The molecular formula is C13H20ClN3O4S. The molecule has 1 heterocycles. The van der Waals surface area contributed by atoms with Crippen LogP contribution in [-0.2, 0) is 10.0 Å². The number of benzene rings is 1. The topological polar surface area (TPSA) is 107 Å². The van der Waals surface area contributed by atoms with Crippen LogP contribution in [0, 0.1) is 16.0 Å². The van der Waals surface area contributed by atoms with Crippen LogP contribution in [0.5, 0.6) is 0 Å². The molecule has 0 spiro atoms. The molecule has 0 aromatic heterocycles. The minimum absolute atomic E-state index is 0. The van der Waals surface area contributed by atoms with Gasteiger partial charge in [0, 0.05) is 19.2 Å². The van der Waals surface area contributed by atoms with Gasteiger partial charge in [0.15, 0.2) is 4.90 Å². The lowest BCUT2D eigenvalue weighted by atomic mass is 9.96. The van der Waals surface area contributed by atoms with Crippen LogP contribution in [-0.4, -0.2) is 37.3 Å². The Morgan fingerprint density at radius 2 is 2.05 bits per heavy atom. The standard InChI is InChI=1S/C13H19N3O4S.ClH/c14-8-7-11-4-3-9-15(10-11)21(19,20)13-6-2-1-5-12(13)16(17)18;/h1-2,5-6,11H,3-4,7-10,14H2;1H. The maximum atomic E-state index is 12.7. The lowest BCUT2D eigenvalue weighted by molar-refractivity contribution is -0.387. The van der Waals surface area contributed by atoms with Gasteiger partial charge in [-0.1, -0.05) is 12.1 Å². The van der Waals surface area contributed by atoms with Gasteiger partial charge >= 0.3 is 0 Å². The van der Waals surface area contributed by atoms with Crippen LogP contribution < -0.4 is 5.73 Å². The third-order valence-electron chi connectivity index (χ3n) is 3.74. The number of hydrogen-bond acceptors (Lipinski definition) is 5. The molecule has 0 bridgehead atoms. The fourth-order valence-electron chi connectivity index (χ4n) is 2.68. The predicted octanol–water partition coefficient (Wildman–Crippen LogP) is 1.77. The molecule has 0 aliphatic carbocycles. The van der Waals surface area contributed by atoms with Crippen LogP contribution in [0.2, 0.25) is 0 Å². The molecule has 2 rings (SSSR count). The molecule has 1 atom stereocenters. The van der Waals surface area contributed by atoms with Crippen LogP contribution in [0.3, 0.4) is 0 Å². The Hall–Kier alpha value is -1.22. The molecular weight excluding hydrogens is 330 g/mol. The summed E-state index contributed by atoms with van der Waals surface area (Å²) in [5, 5.41) is 11.0. The number of sulfonamides is 1. The molecule has 22 heavy (non-hydrogen) atoms. The Kier molecular flexibility index (Phi) is 6.73. The molecule has 1 aliphatic heterocycles.